The van der Waals surface area contributed by atoms with E-state index in [4.69, 9.17) is 10.8 Å². The Morgan fingerprint density at radius 1 is 1.25 bits per heavy atom. The number of carbonyl (C=O) groups is 2. The summed E-state index contributed by atoms with van der Waals surface area (Å²) in [4.78, 5) is 23.0. The number of rotatable bonds is 10. The van der Waals surface area contributed by atoms with Crippen LogP contribution in [0.25, 0.3) is 0 Å². The average molecular weight is 286 g/mol. The lowest BCUT2D eigenvalue weighted by molar-refractivity contribution is -0.137. The molecule has 5 nitrogen and oxygen atoms in total. The summed E-state index contributed by atoms with van der Waals surface area (Å²) in [6.07, 6.45) is 3.54. The van der Waals surface area contributed by atoms with Crippen LogP contribution in [0.2, 0.25) is 0 Å². The SMILES string of the molecule is CCCC(C)CC(CC(=O)O)NC(=O)[C@@H](N)C(C)CC. The smallest absolute Gasteiger partial charge is 0.305 e. The lowest BCUT2D eigenvalue weighted by atomic mass is 9.94. The molecule has 0 rings (SSSR count). The lowest BCUT2D eigenvalue weighted by Crippen LogP contribution is -2.49. The minimum absolute atomic E-state index is 0.0486. The minimum Gasteiger partial charge on any atom is -0.481 e. The van der Waals surface area contributed by atoms with Crippen LogP contribution in [0.3, 0.4) is 0 Å². The zero-order chi connectivity index (χ0) is 15.7. The van der Waals surface area contributed by atoms with Crippen molar-refractivity contribution >= 4 is 11.9 Å². The Labute approximate surface area is 122 Å². The van der Waals surface area contributed by atoms with E-state index in [0.29, 0.717) is 12.3 Å². The van der Waals surface area contributed by atoms with E-state index < -0.39 is 12.0 Å². The molecule has 4 atom stereocenters. The van der Waals surface area contributed by atoms with Crippen LogP contribution in [-0.2, 0) is 9.59 Å². The number of carbonyl (C=O) groups excluding carboxylic acids is 1. The Bertz CT molecular complexity index is 307. The predicted octanol–water partition coefficient (Wildman–Crippen LogP) is 2.15. The van der Waals surface area contributed by atoms with Gasteiger partial charge in [-0.2, -0.15) is 0 Å². The van der Waals surface area contributed by atoms with Crippen LogP contribution in [0, 0.1) is 11.8 Å². The van der Waals surface area contributed by atoms with Crippen molar-refractivity contribution in [2.24, 2.45) is 17.6 Å². The second-order valence-electron chi connectivity index (χ2n) is 5.84. The van der Waals surface area contributed by atoms with Crippen molar-refractivity contribution < 1.29 is 14.7 Å². The largest absolute Gasteiger partial charge is 0.481 e. The van der Waals surface area contributed by atoms with Gasteiger partial charge in [-0.05, 0) is 18.3 Å². The van der Waals surface area contributed by atoms with E-state index in [2.05, 4.69) is 19.2 Å². The molecule has 0 saturated heterocycles. The van der Waals surface area contributed by atoms with Crippen LogP contribution >= 0.6 is 0 Å². The molecule has 1 amide bonds. The van der Waals surface area contributed by atoms with Gasteiger partial charge in [-0.1, -0.05) is 47.0 Å². The Balaban J connectivity index is 4.55. The summed E-state index contributed by atoms with van der Waals surface area (Å²) in [7, 11) is 0. The first-order valence-corrected chi connectivity index (χ1v) is 7.59. The maximum atomic E-state index is 12.0. The third kappa shape index (κ3) is 7.48. The molecule has 0 aromatic carbocycles. The van der Waals surface area contributed by atoms with Crippen LogP contribution in [0.4, 0.5) is 0 Å². The first kappa shape index (κ1) is 18.9. The highest BCUT2D eigenvalue weighted by Gasteiger charge is 2.24. The van der Waals surface area contributed by atoms with Crippen LogP contribution < -0.4 is 11.1 Å². The zero-order valence-corrected chi connectivity index (χ0v) is 13.2. The molecule has 0 aliphatic rings. The van der Waals surface area contributed by atoms with E-state index in [9.17, 15) is 9.59 Å². The van der Waals surface area contributed by atoms with Gasteiger partial charge in [-0.25, -0.2) is 0 Å². The van der Waals surface area contributed by atoms with Crippen LogP contribution in [0.1, 0.15) is 59.8 Å². The van der Waals surface area contributed by atoms with Crippen molar-refractivity contribution in [3.63, 3.8) is 0 Å². The van der Waals surface area contributed by atoms with E-state index in [0.717, 1.165) is 19.3 Å². The quantitative estimate of drug-likeness (QED) is 0.573. The zero-order valence-electron chi connectivity index (χ0n) is 13.2. The number of carboxylic acid groups (broad SMARTS) is 1. The average Bonchev–Trinajstić information content (AvgIpc) is 2.36. The van der Waals surface area contributed by atoms with Crippen molar-refractivity contribution in [2.75, 3.05) is 0 Å². The van der Waals surface area contributed by atoms with Gasteiger partial charge in [0.05, 0.1) is 12.5 Å². The van der Waals surface area contributed by atoms with Gasteiger partial charge in [0.15, 0.2) is 0 Å². The van der Waals surface area contributed by atoms with Crippen molar-refractivity contribution in [3.05, 3.63) is 0 Å². The highest BCUT2D eigenvalue weighted by Crippen LogP contribution is 2.15. The highest BCUT2D eigenvalue weighted by atomic mass is 16.4. The van der Waals surface area contributed by atoms with E-state index in [1.807, 2.05) is 13.8 Å². The molecule has 0 aromatic rings. The molecule has 0 aliphatic heterocycles. The standard InChI is InChI=1S/C15H30N2O3/c1-5-7-10(3)8-12(9-13(18)19)17-15(20)14(16)11(4)6-2/h10-12,14H,5-9,16H2,1-4H3,(H,17,20)(H,18,19)/t10?,11?,12?,14-/m0/s1. The lowest BCUT2D eigenvalue weighted by Gasteiger charge is -2.24. The number of hydrogen-bond acceptors (Lipinski definition) is 3. The van der Waals surface area contributed by atoms with E-state index in [1.165, 1.54) is 0 Å². The van der Waals surface area contributed by atoms with Gasteiger partial charge in [0.25, 0.3) is 0 Å². The molecule has 5 heteroatoms. The Hall–Kier alpha value is -1.10. The number of amides is 1. The Morgan fingerprint density at radius 2 is 1.85 bits per heavy atom. The second kappa shape index (κ2) is 9.75. The summed E-state index contributed by atoms with van der Waals surface area (Å²) in [6, 6.07) is -0.908. The van der Waals surface area contributed by atoms with Gasteiger partial charge in [0, 0.05) is 6.04 Å². The molecular formula is C15H30N2O3. The Kier molecular flexibility index (Phi) is 9.21. The monoisotopic (exact) mass is 286 g/mol. The Morgan fingerprint density at radius 3 is 2.30 bits per heavy atom. The van der Waals surface area contributed by atoms with E-state index in [-0.39, 0.29) is 24.3 Å². The summed E-state index contributed by atoms with van der Waals surface area (Å²) >= 11 is 0. The minimum atomic E-state index is -0.892. The van der Waals surface area contributed by atoms with Gasteiger partial charge in [-0.3, -0.25) is 9.59 Å². The molecule has 0 radical (unpaired) electrons. The van der Waals surface area contributed by atoms with Gasteiger partial charge >= 0.3 is 5.97 Å². The highest BCUT2D eigenvalue weighted by molar-refractivity contribution is 5.82. The summed E-state index contributed by atoms with van der Waals surface area (Å²) in [5.74, 6) is -0.650. The molecule has 0 aromatic heterocycles. The number of nitrogens with two attached hydrogens (primary N) is 1. The third-order valence-corrected chi connectivity index (χ3v) is 3.80. The molecule has 3 unspecified atom stereocenters. The third-order valence-electron chi connectivity index (χ3n) is 3.80. The van der Waals surface area contributed by atoms with Gasteiger partial charge < -0.3 is 16.2 Å². The molecule has 0 heterocycles. The molecule has 4 N–H and O–H groups in total. The van der Waals surface area contributed by atoms with Gasteiger partial charge in [0.2, 0.25) is 5.91 Å². The fraction of sp³-hybridized carbons (Fsp3) is 0.867. The number of carboxylic acids is 1. The molecule has 20 heavy (non-hydrogen) atoms. The maximum Gasteiger partial charge on any atom is 0.305 e. The summed E-state index contributed by atoms with van der Waals surface area (Å²) < 4.78 is 0. The molecule has 118 valence electrons. The van der Waals surface area contributed by atoms with Crippen LogP contribution in [0.5, 0.6) is 0 Å². The molecule has 0 spiro atoms. The normalized spacial score (nSPS) is 17.1. The summed E-state index contributed by atoms with van der Waals surface area (Å²) in [6.45, 7) is 8.09. The van der Waals surface area contributed by atoms with Crippen molar-refractivity contribution in [2.45, 2.75) is 71.9 Å². The van der Waals surface area contributed by atoms with Gasteiger partial charge in [0.1, 0.15) is 0 Å². The number of nitrogens with one attached hydrogen (secondary N) is 1. The molecular weight excluding hydrogens is 256 g/mol. The van der Waals surface area contributed by atoms with Crippen LogP contribution in [-0.4, -0.2) is 29.1 Å². The predicted molar refractivity (Wildman–Crippen MR) is 80.3 cm³/mol. The number of aliphatic carboxylic acids is 1. The maximum absolute atomic E-state index is 12.0. The molecule has 0 bridgehead atoms. The topological polar surface area (TPSA) is 92.4 Å². The first-order chi connectivity index (χ1) is 9.31. The summed E-state index contributed by atoms with van der Waals surface area (Å²) in [5, 5.41) is 11.8. The number of hydrogen-bond donors (Lipinski definition) is 3. The fourth-order valence-electron chi connectivity index (χ4n) is 2.31. The van der Waals surface area contributed by atoms with Gasteiger partial charge in [-0.15, -0.1) is 0 Å². The van der Waals surface area contributed by atoms with Crippen LogP contribution in [0.15, 0.2) is 0 Å². The van der Waals surface area contributed by atoms with Crippen molar-refractivity contribution in [1.82, 2.24) is 5.32 Å². The summed E-state index contributed by atoms with van der Waals surface area (Å²) in [5.41, 5.74) is 5.88. The van der Waals surface area contributed by atoms with E-state index in [1.54, 1.807) is 0 Å². The molecule has 0 saturated carbocycles. The fourth-order valence-corrected chi connectivity index (χ4v) is 2.31. The molecule has 0 fully saturated rings. The van der Waals surface area contributed by atoms with Crippen molar-refractivity contribution in [3.8, 4) is 0 Å². The first-order valence-electron chi connectivity index (χ1n) is 7.59. The second-order valence-corrected chi connectivity index (χ2v) is 5.84. The van der Waals surface area contributed by atoms with Crippen molar-refractivity contribution in [1.29, 1.82) is 0 Å². The van der Waals surface area contributed by atoms with E-state index >= 15 is 0 Å². The molecule has 0 aliphatic carbocycles.